The third-order valence-corrected chi connectivity index (χ3v) is 6.07. The van der Waals surface area contributed by atoms with E-state index in [1.54, 1.807) is 43.5 Å². The molecule has 5 nitrogen and oxygen atoms in total. The van der Waals surface area contributed by atoms with Crippen molar-refractivity contribution in [3.05, 3.63) is 81.3 Å². The fourth-order valence-electron chi connectivity index (χ4n) is 3.49. The molecule has 182 valence electrons. The number of hydrogen-bond donors (Lipinski definition) is 2. The summed E-state index contributed by atoms with van der Waals surface area (Å²) in [5.41, 5.74) is 0.730. The fourth-order valence-corrected chi connectivity index (χ4v) is 4.08. The van der Waals surface area contributed by atoms with Crippen LogP contribution in [0.4, 0.5) is 18.9 Å². The summed E-state index contributed by atoms with van der Waals surface area (Å²) >= 11 is 3.41. The van der Waals surface area contributed by atoms with E-state index < -0.39 is 17.8 Å². The molecular formula is C25H25BrF3NO4. The van der Waals surface area contributed by atoms with E-state index in [0.717, 1.165) is 17.7 Å². The number of methoxy groups -OCH3 is 2. The zero-order chi connectivity index (χ0) is 24.9. The normalized spacial score (nSPS) is 12.2. The third kappa shape index (κ3) is 5.77. The minimum absolute atomic E-state index is 0.0802. The minimum Gasteiger partial charge on any atom is -0.497 e. The maximum atomic E-state index is 13.5. The Morgan fingerprint density at radius 3 is 2.38 bits per heavy atom. The average molecular weight is 540 g/mol. The molecule has 0 radical (unpaired) electrons. The SMILES string of the molecule is CCOc1cccc(C(O)c2cc(C(F)(F)F)ccc2NCc2ccc(OC)cc2OC)c1Br. The lowest BCUT2D eigenvalue weighted by atomic mass is 9.97. The molecule has 0 bridgehead atoms. The molecule has 0 saturated heterocycles. The summed E-state index contributed by atoms with van der Waals surface area (Å²) in [6, 6.07) is 13.6. The van der Waals surface area contributed by atoms with Gasteiger partial charge in [-0.15, -0.1) is 0 Å². The van der Waals surface area contributed by atoms with Crippen molar-refractivity contribution in [1.29, 1.82) is 0 Å². The number of benzene rings is 3. The van der Waals surface area contributed by atoms with Crippen molar-refractivity contribution in [2.24, 2.45) is 0 Å². The molecular weight excluding hydrogens is 515 g/mol. The van der Waals surface area contributed by atoms with Crippen LogP contribution in [0, 0.1) is 0 Å². The Hall–Kier alpha value is -2.91. The number of ether oxygens (including phenoxy) is 3. The van der Waals surface area contributed by atoms with Crippen LogP contribution in [0.3, 0.4) is 0 Å². The van der Waals surface area contributed by atoms with E-state index in [-0.39, 0.29) is 12.1 Å². The summed E-state index contributed by atoms with van der Waals surface area (Å²) in [4.78, 5) is 0. The number of rotatable bonds is 9. The lowest BCUT2D eigenvalue weighted by Crippen LogP contribution is -2.12. The van der Waals surface area contributed by atoms with E-state index in [9.17, 15) is 18.3 Å². The highest BCUT2D eigenvalue weighted by molar-refractivity contribution is 9.10. The van der Waals surface area contributed by atoms with E-state index in [1.165, 1.54) is 13.2 Å². The molecule has 34 heavy (non-hydrogen) atoms. The molecule has 0 amide bonds. The summed E-state index contributed by atoms with van der Waals surface area (Å²) in [7, 11) is 3.07. The number of alkyl halides is 3. The van der Waals surface area contributed by atoms with Gasteiger partial charge in [0.05, 0.1) is 30.9 Å². The summed E-state index contributed by atoms with van der Waals surface area (Å²) < 4.78 is 57.0. The molecule has 3 rings (SSSR count). The number of aliphatic hydroxyl groups is 1. The molecule has 0 saturated carbocycles. The molecule has 9 heteroatoms. The van der Waals surface area contributed by atoms with Crippen molar-refractivity contribution >= 4 is 21.6 Å². The fraction of sp³-hybridized carbons (Fsp3) is 0.280. The van der Waals surface area contributed by atoms with E-state index in [0.29, 0.717) is 39.6 Å². The van der Waals surface area contributed by atoms with Crippen molar-refractivity contribution < 1.29 is 32.5 Å². The molecule has 0 aliphatic carbocycles. The molecule has 0 aliphatic heterocycles. The largest absolute Gasteiger partial charge is 0.497 e. The topological polar surface area (TPSA) is 60.0 Å². The van der Waals surface area contributed by atoms with Crippen molar-refractivity contribution in [3.8, 4) is 17.2 Å². The lowest BCUT2D eigenvalue weighted by molar-refractivity contribution is -0.137. The van der Waals surface area contributed by atoms with Crippen LogP contribution in [-0.2, 0) is 12.7 Å². The van der Waals surface area contributed by atoms with E-state index >= 15 is 0 Å². The average Bonchev–Trinajstić information content (AvgIpc) is 2.83. The van der Waals surface area contributed by atoms with Gasteiger partial charge in [0, 0.05) is 35.0 Å². The van der Waals surface area contributed by atoms with Gasteiger partial charge >= 0.3 is 6.18 Å². The third-order valence-electron chi connectivity index (χ3n) is 5.22. The quantitative estimate of drug-likeness (QED) is 0.321. The van der Waals surface area contributed by atoms with Crippen LogP contribution in [0.15, 0.2) is 59.1 Å². The van der Waals surface area contributed by atoms with Gasteiger partial charge in [0.15, 0.2) is 0 Å². The summed E-state index contributed by atoms with van der Waals surface area (Å²) in [6.45, 7) is 2.47. The van der Waals surface area contributed by atoms with Gasteiger partial charge < -0.3 is 24.6 Å². The lowest BCUT2D eigenvalue weighted by Gasteiger charge is -2.21. The second kappa shape index (κ2) is 11.0. The van der Waals surface area contributed by atoms with Crippen molar-refractivity contribution in [2.75, 3.05) is 26.1 Å². The summed E-state index contributed by atoms with van der Waals surface area (Å²) in [5.74, 6) is 1.67. The highest BCUT2D eigenvalue weighted by atomic mass is 79.9. The van der Waals surface area contributed by atoms with Crippen LogP contribution in [0.1, 0.15) is 35.3 Å². The van der Waals surface area contributed by atoms with Crippen LogP contribution in [0.2, 0.25) is 0 Å². The molecule has 3 aromatic rings. The first-order chi connectivity index (χ1) is 16.2. The highest BCUT2D eigenvalue weighted by Crippen LogP contribution is 2.40. The summed E-state index contributed by atoms with van der Waals surface area (Å²) in [6.07, 6.45) is -5.91. The Kier molecular flexibility index (Phi) is 8.33. The van der Waals surface area contributed by atoms with Crippen LogP contribution >= 0.6 is 15.9 Å². The predicted molar refractivity (Wildman–Crippen MR) is 128 cm³/mol. The molecule has 2 N–H and O–H groups in total. The number of hydrogen-bond acceptors (Lipinski definition) is 5. The zero-order valence-electron chi connectivity index (χ0n) is 18.9. The molecule has 0 heterocycles. The molecule has 0 fully saturated rings. The minimum atomic E-state index is -4.56. The van der Waals surface area contributed by atoms with Gasteiger partial charge in [0.1, 0.15) is 23.4 Å². The zero-order valence-corrected chi connectivity index (χ0v) is 20.5. The van der Waals surface area contributed by atoms with Gasteiger partial charge in [-0.2, -0.15) is 13.2 Å². The van der Waals surface area contributed by atoms with E-state index in [4.69, 9.17) is 14.2 Å². The Morgan fingerprint density at radius 2 is 1.74 bits per heavy atom. The number of aliphatic hydroxyl groups excluding tert-OH is 1. The van der Waals surface area contributed by atoms with Gasteiger partial charge in [0.25, 0.3) is 0 Å². The molecule has 1 atom stereocenters. The van der Waals surface area contributed by atoms with Crippen molar-refractivity contribution in [2.45, 2.75) is 25.7 Å². The van der Waals surface area contributed by atoms with Crippen LogP contribution in [0.5, 0.6) is 17.2 Å². The predicted octanol–water partition coefficient (Wildman–Crippen LogP) is 6.58. The van der Waals surface area contributed by atoms with Gasteiger partial charge in [-0.25, -0.2) is 0 Å². The van der Waals surface area contributed by atoms with Gasteiger partial charge in [-0.05, 0) is 59.3 Å². The van der Waals surface area contributed by atoms with Crippen molar-refractivity contribution in [3.63, 3.8) is 0 Å². The van der Waals surface area contributed by atoms with Gasteiger partial charge in [0.2, 0.25) is 0 Å². The molecule has 3 aromatic carbocycles. The Balaban J connectivity index is 2.00. The number of nitrogens with one attached hydrogen (secondary N) is 1. The first kappa shape index (κ1) is 25.7. The maximum absolute atomic E-state index is 13.5. The monoisotopic (exact) mass is 539 g/mol. The van der Waals surface area contributed by atoms with Crippen LogP contribution < -0.4 is 19.5 Å². The van der Waals surface area contributed by atoms with E-state index in [1.807, 2.05) is 6.92 Å². The Labute approximate surface area is 204 Å². The Morgan fingerprint density at radius 1 is 0.971 bits per heavy atom. The van der Waals surface area contributed by atoms with Gasteiger partial charge in [-0.1, -0.05) is 12.1 Å². The first-order valence-corrected chi connectivity index (χ1v) is 11.2. The molecule has 0 aliphatic rings. The first-order valence-electron chi connectivity index (χ1n) is 10.4. The van der Waals surface area contributed by atoms with Crippen LogP contribution in [-0.4, -0.2) is 25.9 Å². The Bertz CT molecular complexity index is 1140. The molecule has 0 aromatic heterocycles. The van der Waals surface area contributed by atoms with Gasteiger partial charge in [-0.3, -0.25) is 0 Å². The van der Waals surface area contributed by atoms with E-state index in [2.05, 4.69) is 21.2 Å². The number of anilines is 1. The molecule has 1 unspecified atom stereocenters. The standard InChI is InChI=1S/C25H25BrF3NO4/c1-4-34-21-7-5-6-18(23(21)26)24(31)19-12-16(25(27,28)29)9-11-20(19)30-14-15-8-10-17(32-2)13-22(15)33-3/h5-13,24,30-31H,4,14H2,1-3H3. The second-order valence-corrected chi connectivity index (χ2v) is 8.12. The molecule has 0 spiro atoms. The smallest absolute Gasteiger partial charge is 0.416 e. The highest BCUT2D eigenvalue weighted by Gasteiger charge is 2.32. The van der Waals surface area contributed by atoms with Crippen molar-refractivity contribution in [1.82, 2.24) is 0 Å². The number of halogens is 4. The second-order valence-electron chi connectivity index (χ2n) is 7.33. The van der Waals surface area contributed by atoms with Crippen LogP contribution in [0.25, 0.3) is 0 Å². The maximum Gasteiger partial charge on any atom is 0.416 e. The summed E-state index contributed by atoms with van der Waals surface area (Å²) in [5, 5.41) is 14.3.